The molecule has 2 rings (SSSR count). The first-order chi connectivity index (χ1) is 10.6. The molecule has 0 aliphatic carbocycles. The second kappa shape index (κ2) is 8.18. The van der Waals surface area contributed by atoms with E-state index in [9.17, 15) is 4.79 Å². The summed E-state index contributed by atoms with van der Waals surface area (Å²) >= 11 is 0. The molecule has 0 aromatic heterocycles. The summed E-state index contributed by atoms with van der Waals surface area (Å²) in [5, 5.41) is 9.50. The van der Waals surface area contributed by atoms with Gasteiger partial charge in [-0.2, -0.15) is 0 Å². The van der Waals surface area contributed by atoms with Gasteiger partial charge in [0.25, 0.3) is 0 Å². The van der Waals surface area contributed by atoms with E-state index in [0.717, 1.165) is 38.9 Å². The highest BCUT2D eigenvalue weighted by atomic mass is 16.2. The molecule has 2 amide bonds. The number of amides is 2. The highest BCUT2D eigenvalue weighted by Crippen LogP contribution is 2.21. The predicted octanol–water partition coefficient (Wildman–Crippen LogP) is 3.05. The van der Waals surface area contributed by atoms with Crippen molar-refractivity contribution in [3.63, 3.8) is 0 Å². The van der Waals surface area contributed by atoms with Crippen LogP contribution in [0.2, 0.25) is 0 Å². The van der Waals surface area contributed by atoms with E-state index >= 15 is 0 Å². The Labute approximate surface area is 134 Å². The SMILES string of the molecule is CC[C@H](NC(=O)NCC1CCNCC1)c1ccc(C)cc1C. The number of carbonyl (C=O) groups excluding carboxylic acids is 1. The molecule has 0 saturated carbocycles. The van der Waals surface area contributed by atoms with E-state index in [4.69, 9.17) is 0 Å². The number of aryl methyl sites for hydroxylation is 2. The van der Waals surface area contributed by atoms with Crippen molar-refractivity contribution >= 4 is 6.03 Å². The molecule has 0 unspecified atom stereocenters. The summed E-state index contributed by atoms with van der Waals surface area (Å²) in [6, 6.07) is 6.44. The Morgan fingerprint density at radius 3 is 2.68 bits per heavy atom. The Morgan fingerprint density at radius 2 is 2.05 bits per heavy atom. The Bertz CT molecular complexity index is 495. The number of urea groups is 1. The molecule has 22 heavy (non-hydrogen) atoms. The van der Waals surface area contributed by atoms with Gasteiger partial charge in [0.1, 0.15) is 0 Å². The molecule has 1 fully saturated rings. The molecule has 1 aromatic rings. The lowest BCUT2D eigenvalue weighted by Crippen LogP contribution is -2.42. The second-order valence-corrected chi connectivity index (χ2v) is 6.37. The highest BCUT2D eigenvalue weighted by Gasteiger charge is 2.17. The van der Waals surface area contributed by atoms with Gasteiger partial charge in [-0.05, 0) is 63.2 Å². The van der Waals surface area contributed by atoms with Crippen molar-refractivity contribution in [3.8, 4) is 0 Å². The zero-order valence-electron chi connectivity index (χ0n) is 14.0. The largest absolute Gasteiger partial charge is 0.338 e. The van der Waals surface area contributed by atoms with Crippen LogP contribution in [0, 0.1) is 19.8 Å². The van der Waals surface area contributed by atoms with Gasteiger partial charge in [-0.3, -0.25) is 0 Å². The minimum atomic E-state index is -0.0506. The monoisotopic (exact) mass is 303 g/mol. The van der Waals surface area contributed by atoms with Crippen LogP contribution in [0.4, 0.5) is 4.79 Å². The Balaban J connectivity index is 1.87. The molecular formula is C18H29N3O. The lowest BCUT2D eigenvalue weighted by molar-refractivity contribution is 0.232. The standard InChI is InChI=1S/C18H29N3O/c1-4-17(16-6-5-13(2)11-14(16)3)21-18(22)20-12-15-7-9-19-10-8-15/h5-6,11,15,17,19H,4,7-10,12H2,1-3H3,(H2,20,21,22)/t17-/m0/s1. The number of hydrogen-bond acceptors (Lipinski definition) is 2. The maximum atomic E-state index is 12.2. The molecule has 122 valence electrons. The second-order valence-electron chi connectivity index (χ2n) is 6.37. The van der Waals surface area contributed by atoms with Crippen molar-refractivity contribution in [2.45, 2.75) is 46.1 Å². The topological polar surface area (TPSA) is 53.2 Å². The summed E-state index contributed by atoms with van der Waals surface area (Å²) in [4.78, 5) is 12.2. The quantitative estimate of drug-likeness (QED) is 0.783. The Hall–Kier alpha value is -1.55. The van der Waals surface area contributed by atoms with E-state index < -0.39 is 0 Å². The maximum Gasteiger partial charge on any atom is 0.315 e. The minimum Gasteiger partial charge on any atom is -0.338 e. The zero-order valence-corrected chi connectivity index (χ0v) is 14.0. The average molecular weight is 303 g/mol. The third kappa shape index (κ3) is 4.73. The number of piperidine rings is 1. The normalized spacial score (nSPS) is 17.0. The van der Waals surface area contributed by atoms with Gasteiger partial charge in [-0.25, -0.2) is 4.79 Å². The van der Waals surface area contributed by atoms with Crippen LogP contribution in [0.1, 0.15) is 48.9 Å². The summed E-state index contributed by atoms with van der Waals surface area (Å²) in [6.07, 6.45) is 3.19. The molecule has 0 radical (unpaired) electrons. The smallest absolute Gasteiger partial charge is 0.315 e. The third-order valence-corrected chi connectivity index (χ3v) is 4.52. The van der Waals surface area contributed by atoms with Crippen LogP contribution >= 0.6 is 0 Å². The number of carbonyl (C=O) groups is 1. The Kier molecular flexibility index (Phi) is 6.25. The van der Waals surface area contributed by atoms with Crippen molar-refractivity contribution in [1.29, 1.82) is 0 Å². The van der Waals surface area contributed by atoms with E-state index in [0.29, 0.717) is 5.92 Å². The molecule has 4 heteroatoms. The Morgan fingerprint density at radius 1 is 1.32 bits per heavy atom. The number of nitrogens with one attached hydrogen (secondary N) is 3. The van der Waals surface area contributed by atoms with Gasteiger partial charge in [0, 0.05) is 6.54 Å². The first-order valence-corrected chi connectivity index (χ1v) is 8.42. The van der Waals surface area contributed by atoms with Gasteiger partial charge in [0.05, 0.1) is 6.04 Å². The summed E-state index contributed by atoms with van der Waals surface area (Å²) in [6.45, 7) is 9.21. The highest BCUT2D eigenvalue weighted by molar-refractivity contribution is 5.74. The summed E-state index contributed by atoms with van der Waals surface area (Å²) in [7, 11) is 0. The van der Waals surface area contributed by atoms with Crippen LogP contribution in [-0.4, -0.2) is 25.7 Å². The summed E-state index contributed by atoms with van der Waals surface area (Å²) in [5.74, 6) is 0.605. The van der Waals surface area contributed by atoms with Crippen molar-refractivity contribution in [2.24, 2.45) is 5.92 Å². The molecule has 1 aromatic carbocycles. The van der Waals surface area contributed by atoms with Crippen molar-refractivity contribution < 1.29 is 4.79 Å². The van der Waals surface area contributed by atoms with Gasteiger partial charge >= 0.3 is 6.03 Å². The van der Waals surface area contributed by atoms with E-state index in [1.807, 2.05) is 0 Å². The molecule has 1 heterocycles. The van der Waals surface area contributed by atoms with Crippen molar-refractivity contribution in [3.05, 3.63) is 34.9 Å². The first-order valence-electron chi connectivity index (χ1n) is 8.42. The zero-order chi connectivity index (χ0) is 15.9. The van der Waals surface area contributed by atoms with Gasteiger partial charge in [0.15, 0.2) is 0 Å². The van der Waals surface area contributed by atoms with Gasteiger partial charge in [0.2, 0.25) is 0 Å². The molecule has 0 bridgehead atoms. The van der Waals surface area contributed by atoms with E-state index in [1.54, 1.807) is 0 Å². The van der Waals surface area contributed by atoms with Crippen LogP contribution in [0.5, 0.6) is 0 Å². The van der Waals surface area contributed by atoms with E-state index in [2.05, 4.69) is 54.9 Å². The van der Waals surface area contributed by atoms with Crippen LogP contribution in [0.3, 0.4) is 0 Å². The van der Waals surface area contributed by atoms with Gasteiger partial charge in [-0.1, -0.05) is 30.7 Å². The van der Waals surface area contributed by atoms with Crippen LogP contribution in [0.15, 0.2) is 18.2 Å². The maximum absolute atomic E-state index is 12.2. The minimum absolute atomic E-state index is 0.0506. The molecule has 4 nitrogen and oxygen atoms in total. The van der Waals surface area contributed by atoms with Gasteiger partial charge in [-0.15, -0.1) is 0 Å². The molecule has 1 aliphatic rings. The van der Waals surface area contributed by atoms with Crippen molar-refractivity contribution in [2.75, 3.05) is 19.6 Å². The molecule has 0 spiro atoms. The first kappa shape index (κ1) is 16.8. The molecule has 1 aliphatic heterocycles. The summed E-state index contributed by atoms with van der Waals surface area (Å²) < 4.78 is 0. The predicted molar refractivity (Wildman–Crippen MR) is 91.1 cm³/mol. The third-order valence-electron chi connectivity index (χ3n) is 4.52. The fourth-order valence-electron chi connectivity index (χ4n) is 3.15. The average Bonchev–Trinajstić information content (AvgIpc) is 2.52. The number of rotatable bonds is 5. The molecule has 1 atom stereocenters. The fourth-order valence-corrected chi connectivity index (χ4v) is 3.15. The lowest BCUT2D eigenvalue weighted by Gasteiger charge is -2.24. The molecule has 3 N–H and O–H groups in total. The van der Waals surface area contributed by atoms with E-state index in [1.165, 1.54) is 16.7 Å². The number of benzene rings is 1. The van der Waals surface area contributed by atoms with Crippen molar-refractivity contribution in [1.82, 2.24) is 16.0 Å². The molecule has 1 saturated heterocycles. The van der Waals surface area contributed by atoms with Crippen LogP contribution < -0.4 is 16.0 Å². The van der Waals surface area contributed by atoms with Gasteiger partial charge < -0.3 is 16.0 Å². The van der Waals surface area contributed by atoms with Crippen LogP contribution in [0.25, 0.3) is 0 Å². The van der Waals surface area contributed by atoms with Crippen LogP contribution in [-0.2, 0) is 0 Å². The lowest BCUT2D eigenvalue weighted by atomic mass is 9.97. The fraction of sp³-hybridized carbons (Fsp3) is 0.611. The number of hydrogen-bond donors (Lipinski definition) is 3. The van der Waals surface area contributed by atoms with E-state index in [-0.39, 0.29) is 12.1 Å². The summed E-state index contributed by atoms with van der Waals surface area (Å²) in [5.41, 5.74) is 3.71. The molecular weight excluding hydrogens is 274 g/mol.